The lowest BCUT2D eigenvalue weighted by atomic mass is 10.0. The third-order valence-corrected chi connectivity index (χ3v) is 3.71. The first kappa shape index (κ1) is 13.4. The fraction of sp³-hybridized carbons (Fsp3) is 0.167. The molecular weight excluding hydrogens is 262 g/mol. The monoisotopic (exact) mass is 279 g/mol. The molecule has 3 nitrogen and oxygen atoms in total. The van der Waals surface area contributed by atoms with Crippen LogP contribution < -0.4 is 4.84 Å². The van der Waals surface area contributed by atoms with E-state index >= 15 is 0 Å². The highest BCUT2D eigenvalue weighted by Gasteiger charge is 2.11. The maximum atomic E-state index is 12.3. The number of aryl methyl sites for hydroxylation is 2. The van der Waals surface area contributed by atoms with Crippen LogP contribution in [-0.2, 0) is 6.42 Å². The first-order valence-electron chi connectivity index (χ1n) is 7.07. The van der Waals surface area contributed by atoms with Gasteiger partial charge in [0.1, 0.15) is 0 Å². The molecule has 2 aromatic carbocycles. The molecule has 0 bridgehead atoms. The molecule has 0 atom stereocenters. The molecule has 0 saturated heterocycles. The minimum absolute atomic E-state index is 0.342. The Morgan fingerprint density at radius 1 is 1.14 bits per heavy atom. The molecule has 0 aliphatic carbocycles. The second-order valence-electron chi connectivity index (χ2n) is 5.07. The van der Waals surface area contributed by atoms with E-state index in [0.717, 1.165) is 17.3 Å². The second kappa shape index (κ2) is 5.44. The number of nitrogens with zero attached hydrogens (tertiary/aromatic N) is 1. The zero-order chi connectivity index (χ0) is 14.8. The van der Waals surface area contributed by atoms with Crippen molar-refractivity contribution in [3.63, 3.8) is 0 Å². The Bertz CT molecular complexity index is 802. The van der Waals surface area contributed by atoms with E-state index in [-0.39, 0.29) is 5.97 Å². The van der Waals surface area contributed by atoms with Crippen LogP contribution in [0.2, 0.25) is 0 Å². The molecule has 0 amide bonds. The van der Waals surface area contributed by atoms with E-state index in [2.05, 4.69) is 6.92 Å². The van der Waals surface area contributed by atoms with E-state index in [1.807, 2.05) is 55.5 Å². The molecule has 0 fully saturated rings. The van der Waals surface area contributed by atoms with Gasteiger partial charge in [0.05, 0.1) is 11.1 Å². The number of benzene rings is 2. The molecule has 3 aromatic rings. The van der Waals surface area contributed by atoms with E-state index in [4.69, 9.17) is 4.84 Å². The van der Waals surface area contributed by atoms with Crippen LogP contribution in [0.25, 0.3) is 10.9 Å². The highest BCUT2D eigenvalue weighted by atomic mass is 16.7. The summed E-state index contributed by atoms with van der Waals surface area (Å²) in [6, 6.07) is 15.4. The van der Waals surface area contributed by atoms with Crippen LogP contribution in [0.1, 0.15) is 28.4 Å². The molecule has 21 heavy (non-hydrogen) atoms. The first-order chi connectivity index (χ1) is 10.2. The lowest BCUT2D eigenvalue weighted by Crippen LogP contribution is -2.19. The fourth-order valence-corrected chi connectivity index (χ4v) is 2.46. The Morgan fingerprint density at radius 3 is 2.76 bits per heavy atom. The number of para-hydroxylation sites is 1. The Morgan fingerprint density at radius 2 is 1.95 bits per heavy atom. The van der Waals surface area contributed by atoms with Crippen molar-refractivity contribution in [2.45, 2.75) is 20.3 Å². The van der Waals surface area contributed by atoms with E-state index in [1.54, 1.807) is 6.20 Å². The smallest absolute Gasteiger partial charge is 0.331 e. The summed E-state index contributed by atoms with van der Waals surface area (Å²) in [7, 11) is 0. The molecule has 0 aliphatic heterocycles. The summed E-state index contributed by atoms with van der Waals surface area (Å²) in [5, 5.41) is 1.04. The number of carbonyl (C=O) groups excluding carboxylic acids is 1. The number of hydrogen-bond acceptors (Lipinski definition) is 2. The molecule has 0 N–H and O–H groups in total. The first-order valence-corrected chi connectivity index (χ1v) is 7.07. The van der Waals surface area contributed by atoms with Crippen LogP contribution in [-0.4, -0.2) is 10.7 Å². The van der Waals surface area contributed by atoms with E-state index in [0.29, 0.717) is 5.56 Å². The van der Waals surface area contributed by atoms with Crippen LogP contribution >= 0.6 is 0 Å². The predicted molar refractivity (Wildman–Crippen MR) is 83.4 cm³/mol. The Balaban J connectivity index is 1.89. The zero-order valence-electron chi connectivity index (χ0n) is 12.2. The third kappa shape index (κ3) is 2.55. The zero-order valence-corrected chi connectivity index (χ0v) is 12.2. The van der Waals surface area contributed by atoms with Crippen molar-refractivity contribution >= 4 is 16.9 Å². The van der Waals surface area contributed by atoms with Crippen molar-refractivity contribution in [2.24, 2.45) is 0 Å². The van der Waals surface area contributed by atoms with Gasteiger partial charge in [-0.15, -0.1) is 0 Å². The normalized spacial score (nSPS) is 10.8. The minimum atomic E-state index is -0.342. The van der Waals surface area contributed by atoms with E-state index < -0.39 is 0 Å². The van der Waals surface area contributed by atoms with Gasteiger partial charge < -0.3 is 4.84 Å². The van der Waals surface area contributed by atoms with Gasteiger partial charge in [-0.25, -0.2) is 4.79 Å². The van der Waals surface area contributed by atoms with Gasteiger partial charge in [0.2, 0.25) is 0 Å². The van der Waals surface area contributed by atoms with Crippen molar-refractivity contribution in [1.29, 1.82) is 0 Å². The standard InChI is InChI=1S/C18H17NO2/c1-3-14-12-16(9-8-13(14)2)18(20)21-19-11-10-15-6-4-5-7-17(15)19/h4-12H,3H2,1-2H3. The second-order valence-corrected chi connectivity index (χ2v) is 5.07. The summed E-state index contributed by atoms with van der Waals surface area (Å²) in [5.41, 5.74) is 3.83. The molecule has 1 heterocycles. The topological polar surface area (TPSA) is 31.2 Å². The number of carbonyl (C=O) groups is 1. The van der Waals surface area contributed by atoms with Gasteiger partial charge in [0, 0.05) is 11.6 Å². The number of hydrogen-bond donors (Lipinski definition) is 0. The predicted octanol–water partition coefficient (Wildman–Crippen LogP) is 3.78. The highest BCUT2D eigenvalue weighted by molar-refractivity contribution is 5.90. The van der Waals surface area contributed by atoms with Gasteiger partial charge >= 0.3 is 5.97 Å². The Labute approximate surface area is 123 Å². The molecule has 0 saturated carbocycles. The maximum Gasteiger partial charge on any atom is 0.363 e. The molecule has 0 radical (unpaired) electrons. The van der Waals surface area contributed by atoms with Gasteiger partial charge in [-0.05, 0) is 48.7 Å². The summed E-state index contributed by atoms with van der Waals surface area (Å²) >= 11 is 0. The molecule has 0 aliphatic rings. The summed E-state index contributed by atoms with van der Waals surface area (Å²) in [5.74, 6) is -0.342. The lowest BCUT2D eigenvalue weighted by Gasteiger charge is -2.08. The van der Waals surface area contributed by atoms with Crippen LogP contribution in [0.15, 0.2) is 54.7 Å². The Kier molecular flexibility index (Phi) is 3.48. The summed E-state index contributed by atoms with van der Waals surface area (Å²) < 4.78 is 1.52. The average Bonchev–Trinajstić information content (AvgIpc) is 2.91. The van der Waals surface area contributed by atoms with Gasteiger partial charge in [0.15, 0.2) is 0 Å². The van der Waals surface area contributed by atoms with Crippen molar-refractivity contribution in [1.82, 2.24) is 4.73 Å². The van der Waals surface area contributed by atoms with Crippen LogP contribution in [0.5, 0.6) is 0 Å². The van der Waals surface area contributed by atoms with Crippen molar-refractivity contribution in [3.05, 3.63) is 71.4 Å². The lowest BCUT2D eigenvalue weighted by molar-refractivity contribution is 0.0482. The van der Waals surface area contributed by atoms with Crippen LogP contribution in [0.3, 0.4) is 0 Å². The van der Waals surface area contributed by atoms with Gasteiger partial charge in [-0.3, -0.25) is 0 Å². The van der Waals surface area contributed by atoms with Crippen molar-refractivity contribution < 1.29 is 9.63 Å². The maximum absolute atomic E-state index is 12.3. The molecule has 0 unspecified atom stereocenters. The molecule has 3 heteroatoms. The van der Waals surface area contributed by atoms with Crippen molar-refractivity contribution in [3.8, 4) is 0 Å². The number of fused-ring (bicyclic) bond motifs is 1. The van der Waals surface area contributed by atoms with Crippen molar-refractivity contribution in [2.75, 3.05) is 0 Å². The summed E-state index contributed by atoms with van der Waals surface area (Å²) in [4.78, 5) is 17.8. The molecule has 1 aromatic heterocycles. The van der Waals surface area contributed by atoms with Crippen LogP contribution in [0, 0.1) is 6.92 Å². The largest absolute Gasteiger partial charge is 0.363 e. The number of rotatable bonds is 3. The Hall–Kier alpha value is -2.55. The highest BCUT2D eigenvalue weighted by Crippen LogP contribution is 2.15. The van der Waals surface area contributed by atoms with Gasteiger partial charge in [0.25, 0.3) is 0 Å². The van der Waals surface area contributed by atoms with Gasteiger partial charge in [-0.1, -0.05) is 31.2 Å². The fourth-order valence-electron chi connectivity index (χ4n) is 2.46. The summed E-state index contributed by atoms with van der Waals surface area (Å²) in [6.07, 6.45) is 2.66. The number of aromatic nitrogens is 1. The van der Waals surface area contributed by atoms with E-state index in [9.17, 15) is 4.79 Å². The molecule has 106 valence electrons. The molecule has 3 rings (SSSR count). The van der Waals surface area contributed by atoms with E-state index in [1.165, 1.54) is 15.9 Å². The summed E-state index contributed by atoms with van der Waals surface area (Å²) in [6.45, 7) is 4.13. The average molecular weight is 279 g/mol. The van der Waals surface area contributed by atoms with Gasteiger partial charge in [-0.2, -0.15) is 4.73 Å². The van der Waals surface area contributed by atoms with Crippen LogP contribution in [0.4, 0.5) is 0 Å². The molecule has 0 spiro atoms. The minimum Gasteiger partial charge on any atom is -0.331 e. The SMILES string of the molecule is CCc1cc(C(=O)On2ccc3ccccc32)ccc1C. The third-order valence-electron chi connectivity index (χ3n) is 3.71. The molecular formula is C18H17NO2. The quantitative estimate of drug-likeness (QED) is 0.730.